The van der Waals surface area contributed by atoms with Gasteiger partial charge in [-0.1, -0.05) is 12.1 Å². The third-order valence-corrected chi connectivity index (χ3v) is 2.74. The summed E-state index contributed by atoms with van der Waals surface area (Å²) in [6.07, 6.45) is -0.145. The number of nitro groups is 1. The number of para-hydroxylation sites is 1. The molecule has 0 aromatic heterocycles. The molecule has 2 atom stereocenters. The molecule has 0 saturated heterocycles. The van der Waals surface area contributed by atoms with Crippen LogP contribution in [-0.2, 0) is 0 Å². The van der Waals surface area contributed by atoms with Gasteiger partial charge in [0.15, 0.2) is 0 Å². The predicted molar refractivity (Wildman–Crippen MR) is 71.1 cm³/mol. The first-order valence-electron chi connectivity index (χ1n) is 6.05. The van der Waals surface area contributed by atoms with Crippen LogP contribution in [-0.4, -0.2) is 28.1 Å². The molecule has 0 aliphatic rings. The highest BCUT2D eigenvalue weighted by atomic mass is 16.6. The number of carbonyl (C=O) groups is 1. The van der Waals surface area contributed by atoms with Crippen molar-refractivity contribution >= 4 is 11.6 Å². The molecule has 2 unspecified atom stereocenters. The second-order valence-electron chi connectivity index (χ2n) is 4.69. The Morgan fingerprint density at radius 2 is 2.11 bits per heavy atom. The number of hydrogen-bond donors (Lipinski definition) is 2. The first kappa shape index (κ1) is 15.1. The maximum absolute atomic E-state index is 12.0. The van der Waals surface area contributed by atoms with Crippen LogP contribution in [0.5, 0.6) is 0 Å². The zero-order chi connectivity index (χ0) is 14.6. The number of benzene rings is 1. The molecule has 0 saturated carbocycles. The maximum atomic E-state index is 12.0. The average molecular weight is 266 g/mol. The van der Waals surface area contributed by atoms with Crippen molar-refractivity contribution in [3.05, 3.63) is 39.4 Å². The van der Waals surface area contributed by atoms with E-state index < -0.39 is 16.9 Å². The summed E-state index contributed by atoms with van der Waals surface area (Å²) >= 11 is 0. The maximum Gasteiger partial charge on any atom is 0.285 e. The minimum Gasteiger partial charge on any atom is -0.393 e. The summed E-state index contributed by atoms with van der Waals surface area (Å²) in [6.45, 7) is 4.96. The molecule has 0 radical (unpaired) electrons. The molecule has 0 fully saturated rings. The lowest BCUT2D eigenvalue weighted by Crippen LogP contribution is -2.35. The molecule has 6 nitrogen and oxygen atoms in total. The molecule has 0 spiro atoms. The van der Waals surface area contributed by atoms with Crippen LogP contribution in [0.3, 0.4) is 0 Å². The van der Waals surface area contributed by atoms with Crippen LogP contribution in [0.4, 0.5) is 5.69 Å². The van der Waals surface area contributed by atoms with Crippen LogP contribution in [0.1, 0.15) is 36.2 Å². The fraction of sp³-hybridized carbons (Fsp3) is 0.462. The van der Waals surface area contributed by atoms with Gasteiger partial charge >= 0.3 is 0 Å². The lowest BCUT2D eigenvalue weighted by Gasteiger charge is -2.15. The molecule has 2 N–H and O–H groups in total. The van der Waals surface area contributed by atoms with Crippen LogP contribution >= 0.6 is 0 Å². The van der Waals surface area contributed by atoms with Crippen molar-refractivity contribution in [3.8, 4) is 0 Å². The van der Waals surface area contributed by atoms with Gasteiger partial charge < -0.3 is 10.4 Å². The molecule has 0 aliphatic heterocycles. The van der Waals surface area contributed by atoms with Gasteiger partial charge in [0.2, 0.25) is 0 Å². The number of aryl methyl sites for hydroxylation is 1. The average Bonchev–Trinajstić information content (AvgIpc) is 2.26. The van der Waals surface area contributed by atoms with E-state index in [9.17, 15) is 20.0 Å². The Kier molecular flexibility index (Phi) is 5.00. The summed E-state index contributed by atoms with van der Waals surface area (Å²) in [5.74, 6) is -0.497. The highest BCUT2D eigenvalue weighted by Gasteiger charge is 2.23. The van der Waals surface area contributed by atoms with E-state index in [1.54, 1.807) is 32.9 Å². The first-order valence-corrected chi connectivity index (χ1v) is 6.05. The molecular formula is C13H18N2O4. The van der Waals surface area contributed by atoms with Gasteiger partial charge in [-0.25, -0.2) is 0 Å². The number of aliphatic hydroxyl groups excluding tert-OH is 1. The predicted octanol–water partition coefficient (Wildman–Crippen LogP) is 1.79. The first-order chi connectivity index (χ1) is 8.82. The SMILES string of the molecule is Cc1cccc(C(=O)NC(C)CC(C)O)c1[N+](=O)[O-]. The second kappa shape index (κ2) is 6.29. The van der Waals surface area contributed by atoms with E-state index in [0.717, 1.165) is 0 Å². The molecule has 1 amide bonds. The standard InChI is InChI=1S/C13H18N2O4/c1-8-5-4-6-11(12(8)15(18)19)13(17)14-9(2)7-10(3)16/h4-6,9-10,16H,7H2,1-3H3,(H,14,17). The van der Waals surface area contributed by atoms with Gasteiger partial charge in [-0.15, -0.1) is 0 Å². The molecular weight excluding hydrogens is 248 g/mol. The van der Waals surface area contributed by atoms with Gasteiger partial charge in [-0.3, -0.25) is 14.9 Å². The van der Waals surface area contributed by atoms with E-state index in [-0.39, 0.29) is 17.3 Å². The smallest absolute Gasteiger partial charge is 0.285 e. The molecule has 1 aromatic carbocycles. The monoisotopic (exact) mass is 266 g/mol. The van der Waals surface area contributed by atoms with E-state index in [2.05, 4.69) is 5.32 Å². The van der Waals surface area contributed by atoms with Crippen molar-refractivity contribution in [2.24, 2.45) is 0 Å². The second-order valence-corrected chi connectivity index (χ2v) is 4.69. The van der Waals surface area contributed by atoms with Crippen molar-refractivity contribution in [1.29, 1.82) is 0 Å². The van der Waals surface area contributed by atoms with Crippen molar-refractivity contribution in [2.75, 3.05) is 0 Å². The Morgan fingerprint density at radius 1 is 1.47 bits per heavy atom. The lowest BCUT2D eigenvalue weighted by molar-refractivity contribution is -0.385. The van der Waals surface area contributed by atoms with Crippen LogP contribution < -0.4 is 5.32 Å². The fourth-order valence-electron chi connectivity index (χ4n) is 1.96. The summed E-state index contributed by atoms with van der Waals surface area (Å²) in [5, 5.41) is 22.9. The minimum absolute atomic E-state index is 0.0439. The quantitative estimate of drug-likeness (QED) is 0.627. The highest BCUT2D eigenvalue weighted by molar-refractivity contribution is 5.98. The highest BCUT2D eigenvalue weighted by Crippen LogP contribution is 2.23. The van der Waals surface area contributed by atoms with Gasteiger partial charge in [0.1, 0.15) is 5.56 Å². The van der Waals surface area contributed by atoms with Gasteiger partial charge in [-0.05, 0) is 33.3 Å². The van der Waals surface area contributed by atoms with E-state index in [1.807, 2.05) is 0 Å². The number of nitrogens with one attached hydrogen (secondary N) is 1. The van der Waals surface area contributed by atoms with Crippen LogP contribution in [0, 0.1) is 17.0 Å². The van der Waals surface area contributed by atoms with E-state index in [0.29, 0.717) is 12.0 Å². The summed E-state index contributed by atoms with van der Waals surface area (Å²) in [7, 11) is 0. The molecule has 0 heterocycles. The molecule has 1 rings (SSSR count). The van der Waals surface area contributed by atoms with Gasteiger partial charge in [-0.2, -0.15) is 0 Å². The van der Waals surface area contributed by atoms with Crippen molar-refractivity contribution in [3.63, 3.8) is 0 Å². The summed E-state index contributed by atoms with van der Waals surface area (Å²) in [5.41, 5.74) is 0.313. The third-order valence-electron chi connectivity index (χ3n) is 2.74. The number of nitrogens with zero attached hydrogens (tertiary/aromatic N) is 1. The molecule has 1 aromatic rings. The minimum atomic E-state index is -0.552. The molecule has 19 heavy (non-hydrogen) atoms. The van der Waals surface area contributed by atoms with Crippen molar-refractivity contribution in [1.82, 2.24) is 5.32 Å². The third kappa shape index (κ3) is 4.03. The summed E-state index contributed by atoms with van der Waals surface area (Å²) < 4.78 is 0. The topological polar surface area (TPSA) is 92.5 Å². The lowest BCUT2D eigenvalue weighted by atomic mass is 10.1. The van der Waals surface area contributed by atoms with Crippen molar-refractivity contribution in [2.45, 2.75) is 39.3 Å². The molecule has 0 bridgehead atoms. The van der Waals surface area contributed by atoms with Gasteiger partial charge in [0, 0.05) is 11.6 Å². The Balaban J connectivity index is 2.94. The van der Waals surface area contributed by atoms with E-state index in [4.69, 9.17) is 0 Å². The van der Waals surface area contributed by atoms with Crippen LogP contribution in [0.2, 0.25) is 0 Å². The largest absolute Gasteiger partial charge is 0.393 e. The number of nitro benzene ring substituents is 1. The Hall–Kier alpha value is -1.95. The van der Waals surface area contributed by atoms with Gasteiger partial charge in [0.05, 0.1) is 11.0 Å². The summed E-state index contributed by atoms with van der Waals surface area (Å²) in [4.78, 5) is 22.5. The number of rotatable bonds is 5. The number of carbonyl (C=O) groups excluding carboxylic acids is 1. The fourth-order valence-corrected chi connectivity index (χ4v) is 1.96. The van der Waals surface area contributed by atoms with Crippen molar-refractivity contribution < 1.29 is 14.8 Å². The number of hydrogen-bond acceptors (Lipinski definition) is 4. The Labute approximate surface area is 111 Å². The summed E-state index contributed by atoms with van der Waals surface area (Å²) in [6, 6.07) is 4.37. The van der Waals surface area contributed by atoms with Gasteiger partial charge in [0.25, 0.3) is 11.6 Å². The molecule has 0 aliphatic carbocycles. The van der Waals surface area contributed by atoms with E-state index >= 15 is 0 Å². The molecule has 104 valence electrons. The number of aliphatic hydroxyl groups is 1. The normalized spacial score (nSPS) is 13.7. The number of amides is 1. The Bertz CT molecular complexity index is 486. The zero-order valence-corrected chi connectivity index (χ0v) is 11.2. The Morgan fingerprint density at radius 3 is 2.63 bits per heavy atom. The molecule has 6 heteroatoms. The van der Waals surface area contributed by atoms with Crippen LogP contribution in [0.25, 0.3) is 0 Å². The zero-order valence-electron chi connectivity index (χ0n) is 11.2. The van der Waals surface area contributed by atoms with E-state index in [1.165, 1.54) is 6.07 Å². The van der Waals surface area contributed by atoms with Crippen LogP contribution in [0.15, 0.2) is 18.2 Å².